The average molecular weight is 399 g/mol. The van der Waals surface area contributed by atoms with Crippen molar-refractivity contribution < 1.29 is 9.18 Å². The van der Waals surface area contributed by atoms with Gasteiger partial charge in [-0.15, -0.1) is 0 Å². The molecule has 0 aliphatic carbocycles. The van der Waals surface area contributed by atoms with Crippen LogP contribution in [0.25, 0.3) is 6.08 Å². The Balaban J connectivity index is 2.05. The molecule has 5 heteroatoms. The number of nitrogens with zero attached hydrogens (tertiary/aromatic N) is 3. The van der Waals surface area contributed by atoms with Gasteiger partial charge in [0.2, 0.25) is 0 Å². The minimum absolute atomic E-state index is 0.128. The summed E-state index contributed by atoms with van der Waals surface area (Å²) < 4.78 is 15.0. The molecule has 3 atom stereocenters. The van der Waals surface area contributed by atoms with Gasteiger partial charge >= 0.3 is 0 Å². The van der Waals surface area contributed by atoms with E-state index in [1.165, 1.54) is 6.07 Å². The van der Waals surface area contributed by atoms with Crippen LogP contribution in [-0.2, 0) is 4.79 Å². The number of halogens is 1. The van der Waals surface area contributed by atoms with Gasteiger partial charge in [-0.05, 0) is 28.8 Å². The third kappa shape index (κ3) is 2.66. The molecule has 2 aliphatic heterocycles. The van der Waals surface area contributed by atoms with E-state index in [0.29, 0.717) is 0 Å². The van der Waals surface area contributed by atoms with Crippen LogP contribution in [0.1, 0.15) is 49.4 Å². The minimum atomic E-state index is -1.63. The van der Waals surface area contributed by atoms with Crippen LogP contribution < -0.4 is 0 Å². The van der Waals surface area contributed by atoms with Crippen LogP contribution in [0.15, 0.2) is 54.7 Å². The first-order valence-corrected chi connectivity index (χ1v) is 9.92. The average Bonchev–Trinajstić information content (AvgIpc) is 3.03. The van der Waals surface area contributed by atoms with Gasteiger partial charge in [0.25, 0.3) is 0 Å². The van der Waals surface area contributed by atoms with Crippen molar-refractivity contribution in [1.82, 2.24) is 4.90 Å². The Labute approximate surface area is 175 Å². The molecule has 2 heterocycles. The van der Waals surface area contributed by atoms with Crippen LogP contribution >= 0.6 is 0 Å². The van der Waals surface area contributed by atoms with Gasteiger partial charge in [-0.25, -0.2) is 4.39 Å². The summed E-state index contributed by atoms with van der Waals surface area (Å²) in [7, 11) is 0. The number of nitriles is 2. The zero-order chi connectivity index (χ0) is 21.7. The summed E-state index contributed by atoms with van der Waals surface area (Å²) >= 11 is 0. The molecule has 0 N–H and O–H groups in total. The third-order valence-corrected chi connectivity index (χ3v) is 6.19. The Morgan fingerprint density at radius 1 is 1.03 bits per heavy atom. The fourth-order valence-corrected chi connectivity index (χ4v) is 4.81. The topological polar surface area (TPSA) is 67.9 Å². The number of fused-ring (bicyclic) bond motifs is 3. The summed E-state index contributed by atoms with van der Waals surface area (Å²) in [6, 6.07) is 16.6. The summed E-state index contributed by atoms with van der Waals surface area (Å²) in [6.07, 6.45) is 3.67. The van der Waals surface area contributed by atoms with E-state index >= 15 is 0 Å². The molecule has 0 bridgehead atoms. The van der Waals surface area contributed by atoms with Gasteiger partial charge in [0.1, 0.15) is 5.82 Å². The molecule has 0 spiro atoms. The second-order valence-corrected chi connectivity index (χ2v) is 8.95. The Hall–Kier alpha value is -3.44. The van der Waals surface area contributed by atoms with E-state index in [-0.39, 0.29) is 11.3 Å². The number of hydrogen-bond acceptors (Lipinski definition) is 4. The maximum atomic E-state index is 15.0. The van der Waals surface area contributed by atoms with Crippen molar-refractivity contribution in [3.63, 3.8) is 0 Å². The second kappa shape index (κ2) is 6.82. The highest BCUT2D eigenvalue weighted by atomic mass is 19.1. The summed E-state index contributed by atoms with van der Waals surface area (Å²) in [4.78, 5) is 15.4. The van der Waals surface area contributed by atoms with Crippen molar-refractivity contribution in [3.05, 3.63) is 77.2 Å². The Kier molecular flexibility index (Phi) is 4.51. The Bertz CT molecular complexity index is 1120. The van der Waals surface area contributed by atoms with Crippen LogP contribution in [0.3, 0.4) is 0 Å². The maximum Gasteiger partial charge on any atom is 0.177 e. The SMILES string of the molecule is CC(C)(C)C(=O)[C@@H]1[C@H](c2ccccc2F)C(C#N)(C#N)[C@@H]2c3ccccc3C=CN12. The molecule has 30 heavy (non-hydrogen) atoms. The maximum absolute atomic E-state index is 15.0. The van der Waals surface area contributed by atoms with E-state index in [0.717, 1.165) is 11.1 Å². The van der Waals surface area contributed by atoms with E-state index in [9.17, 15) is 19.7 Å². The molecule has 4 nitrogen and oxygen atoms in total. The summed E-state index contributed by atoms with van der Waals surface area (Å²) in [5, 5.41) is 20.7. The predicted octanol–water partition coefficient (Wildman–Crippen LogP) is 4.97. The fourth-order valence-electron chi connectivity index (χ4n) is 4.81. The lowest BCUT2D eigenvalue weighted by Crippen LogP contribution is -2.43. The minimum Gasteiger partial charge on any atom is -0.357 e. The van der Waals surface area contributed by atoms with Gasteiger partial charge in [0.05, 0.1) is 24.2 Å². The number of hydrogen-bond donors (Lipinski definition) is 0. The molecular formula is C25H22FN3O. The van der Waals surface area contributed by atoms with Crippen LogP contribution in [0.4, 0.5) is 4.39 Å². The van der Waals surface area contributed by atoms with Crippen LogP contribution in [0.5, 0.6) is 0 Å². The van der Waals surface area contributed by atoms with Crippen molar-refractivity contribution in [1.29, 1.82) is 10.5 Å². The Morgan fingerprint density at radius 2 is 1.63 bits per heavy atom. The number of benzene rings is 2. The van der Waals surface area contributed by atoms with Crippen LogP contribution in [0, 0.1) is 39.3 Å². The molecule has 1 fully saturated rings. The normalized spacial score (nSPS) is 23.8. The third-order valence-electron chi connectivity index (χ3n) is 6.19. The van der Waals surface area contributed by atoms with Gasteiger partial charge in [-0.3, -0.25) is 4.79 Å². The van der Waals surface area contributed by atoms with Crippen LogP contribution in [0.2, 0.25) is 0 Å². The molecule has 0 amide bonds. The molecule has 2 aromatic carbocycles. The van der Waals surface area contributed by atoms with Crippen molar-refractivity contribution in [2.45, 2.75) is 38.8 Å². The van der Waals surface area contributed by atoms with Gasteiger partial charge in [-0.2, -0.15) is 10.5 Å². The first-order chi connectivity index (χ1) is 14.3. The van der Waals surface area contributed by atoms with Crippen molar-refractivity contribution in [2.24, 2.45) is 10.8 Å². The lowest BCUT2D eigenvalue weighted by Gasteiger charge is -2.36. The molecule has 0 saturated carbocycles. The molecular weight excluding hydrogens is 377 g/mol. The summed E-state index contributed by atoms with van der Waals surface area (Å²) in [5.74, 6) is -1.57. The molecule has 1 saturated heterocycles. The van der Waals surface area contributed by atoms with E-state index in [1.807, 2.05) is 51.1 Å². The predicted molar refractivity (Wildman–Crippen MR) is 111 cm³/mol. The first kappa shape index (κ1) is 19.9. The number of carbonyl (C=O) groups is 1. The van der Waals surface area contributed by atoms with E-state index in [4.69, 9.17) is 0 Å². The zero-order valence-electron chi connectivity index (χ0n) is 17.1. The van der Waals surface area contributed by atoms with Crippen LogP contribution in [-0.4, -0.2) is 16.7 Å². The first-order valence-electron chi connectivity index (χ1n) is 9.92. The molecule has 150 valence electrons. The molecule has 0 radical (unpaired) electrons. The summed E-state index contributed by atoms with van der Waals surface area (Å²) in [6.45, 7) is 5.43. The van der Waals surface area contributed by atoms with Crippen molar-refractivity contribution >= 4 is 11.9 Å². The highest BCUT2D eigenvalue weighted by Gasteiger charge is 2.65. The van der Waals surface area contributed by atoms with E-state index < -0.39 is 34.6 Å². The lowest BCUT2D eigenvalue weighted by molar-refractivity contribution is -0.130. The number of carbonyl (C=O) groups excluding carboxylic acids is 1. The Morgan fingerprint density at radius 3 is 2.23 bits per heavy atom. The zero-order valence-corrected chi connectivity index (χ0v) is 17.1. The van der Waals surface area contributed by atoms with Crippen molar-refractivity contribution in [2.75, 3.05) is 0 Å². The fraction of sp³-hybridized carbons (Fsp3) is 0.320. The van der Waals surface area contributed by atoms with Crippen molar-refractivity contribution in [3.8, 4) is 12.1 Å². The molecule has 2 aliphatic rings. The molecule has 4 rings (SSSR count). The smallest absolute Gasteiger partial charge is 0.177 e. The number of ketones is 1. The van der Waals surface area contributed by atoms with E-state index in [2.05, 4.69) is 12.1 Å². The second-order valence-electron chi connectivity index (χ2n) is 8.95. The molecule has 0 aromatic heterocycles. The largest absolute Gasteiger partial charge is 0.357 e. The number of rotatable bonds is 2. The van der Waals surface area contributed by atoms with Gasteiger partial charge in [0.15, 0.2) is 11.2 Å². The lowest BCUT2D eigenvalue weighted by atomic mass is 9.66. The monoisotopic (exact) mass is 399 g/mol. The number of Topliss-reactive ketones (excluding diaryl/α,β-unsaturated/α-hetero) is 1. The van der Waals surface area contributed by atoms with E-state index in [1.54, 1.807) is 29.3 Å². The standard InChI is InChI=1S/C25H22FN3O/c1-24(2,3)23(30)21-20(18-10-6-7-11-19(18)26)25(14-27,15-28)22-17-9-5-4-8-16(17)12-13-29(21)22/h4-13,20-22H,1-3H3/t20-,21-,22-/m0/s1. The molecule has 2 aromatic rings. The summed E-state index contributed by atoms with van der Waals surface area (Å²) in [5.41, 5.74) is -0.444. The van der Waals surface area contributed by atoms with Gasteiger partial charge in [0, 0.05) is 17.5 Å². The highest BCUT2D eigenvalue weighted by molar-refractivity contribution is 5.91. The quantitative estimate of drug-likeness (QED) is 0.715. The molecule has 0 unspecified atom stereocenters. The van der Waals surface area contributed by atoms with Gasteiger partial charge < -0.3 is 4.90 Å². The highest BCUT2D eigenvalue weighted by Crippen LogP contribution is 2.60. The van der Waals surface area contributed by atoms with Gasteiger partial charge in [-0.1, -0.05) is 63.2 Å².